The summed E-state index contributed by atoms with van der Waals surface area (Å²) in [6, 6.07) is 2.64. The molecule has 14 heteroatoms. The Bertz CT molecular complexity index is 615. The van der Waals surface area contributed by atoms with Gasteiger partial charge in [0.25, 0.3) is 5.76 Å². The molecule has 0 amide bonds. The van der Waals surface area contributed by atoms with Gasteiger partial charge in [-0.15, -0.1) is 0 Å². The zero-order chi connectivity index (χ0) is 19.8. The van der Waals surface area contributed by atoms with E-state index in [1.807, 2.05) is 0 Å². The Morgan fingerprint density at radius 1 is 0.880 bits per heavy atom. The van der Waals surface area contributed by atoms with Gasteiger partial charge in [-0.1, -0.05) is 17.8 Å². The van der Waals surface area contributed by atoms with Crippen molar-refractivity contribution in [2.45, 2.75) is 34.7 Å². The first kappa shape index (κ1) is 22.4. The molecule has 0 aliphatic carbocycles. The summed E-state index contributed by atoms with van der Waals surface area (Å²) in [5.74, 6) is -16.4. The summed E-state index contributed by atoms with van der Waals surface area (Å²) in [5.41, 5.74) is -1.27. The lowest BCUT2D eigenvalue weighted by Crippen LogP contribution is -2.66. The van der Waals surface area contributed by atoms with Crippen molar-refractivity contribution in [2.24, 2.45) is 0 Å². The lowest BCUT2D eigenvalue weighted by atomic mass is 10.1. The van der Waals surface area contributed by atoms with Crippen LogP contribution in [-0.4, -0.2) is 29.8 Å². The minimum atomic E-state index is -6.90. The predicted molar refractivity (Wildman–Crippen MR) is 75.5 cm³/mol. The number of nitrogens with one attached hydrogen (secondary N) is 1. The Hall–Kier alpha value is -0.670. The summed E-state index contributed by atoms with van der Waals surface area (Å²) in [6.07, 6.45) is -13.6. The van der Waals surface area contributed by atoms with Crippen LogP contribution < -0.4 is 5.32 Å². The molecule has 0 spiro atoms. The molecule has 1 nitrogen and oxygen atoms in total. The van der Waals surface area contributed by atoms with Crippen LogP contribution in [0.2, 0.25) is 0 Å². The van der Waals surface area contributed by atoms with Crippen LogP contribution in [0.1, 0.15) is 0 Å². The van der Waals surface area contributed by atoms with Crippen molar-refractivity contribution in [3.05, 3.63) is 21.8 Å². The van der Waals surface area contributed by atoms with Gasteiger partial charge in [-0.05, 0) is 34.7 Å². The Morgan fingerprint density at radius 3 is 1.80 bits per heavy atom. The van der Waals surface area contributed by atoms with E-state index in [9.17, 15) is 48.3 Å². The fraction of sp³-hybridized carbons (Fsp3) is 0.455. The average Bonchev–Trinajstić information content (AvgIpc) is 2.39. The van der Waals surface area contributed by atoms with Crippen molar-refractivity contribution < 1.29 is 48.3 Å². The highest BCUT2D eigenvalue weighted by Gasteiger charge is 2.81. The van der Waals surface area contributed by atoms with E-state index >= 15 is 0 Å². The summed E-state index contributed by atoms with van der Waals surface area (Å²) < 4.78 is 140. The number of benzene rings is 1. The standard InChI is InChI=1S/C11H5F11INS/c12-7(13)25-5-3-1-2-4(23)6(5)24-9(16,11(20,21)22)8(14,15)10(17,18)19/h1-3,7,24H. The van der Waals surface area contributed by atoms with Crippen molar-refractivity contribution in [3.8, 4) is 0 Å². The highest BCUT2D eigenvalue weighted by Crippen LogP contribution is 2.53. The zero-order valence-corrected chi connectivity index (χ0v) is 14.2. The molecule has 1 N–H and O–H groups in total. The summed E-state index contributed by atoms with van der Waals surface area (Å²) in [5, 5.41) is 0.461. The molecule has 0 heterocycles. The minimum Gasteiger partial charge on any atom is -0.339 e. The van der Waals surface area contributed by atoms with Crippen molar-refractivity contribution in [1.82, 2.24) is 0 Å². The molecule has 0 aliphatic heterocycles. The smallest absolute Gasteiger partial charge is 0.339 e. The summed E-state index contributed by atoms with van der Waals surface area (Å²) in [6.45, 7) is 0. The quantitative estimate of drug-likeness (QED) is 0.208. The number of thioether (sulfide) groups is 1. The van der Waals surface area contributed by atoms with Crippen LogP contribution in [0.5, 0.6) is 0 Å². The van der Waals surface area contributed by atoms with Gasteiger partial charge < -0.3 is 5.32 Å². The Labute approximate surface area is 150 Å². The molecule has 0 aliphatic rings. The maximum absolute atomic E-state index is 14.0. The van der Waals surface area contributed by atoms with Crippen LogP contribution in [0.25, 0.3) is 0 Å². The molecule has 0 fully saturated rings. The second-order valence-corrected chi connectivity index (χ2v) is 6.54. The first-order chi connectivity index (χ1) is 11.0. The SMILES string of the molecule is FC(F)Sc1cccc(I)c1NC(F)(C(F)(F)F)C(F)(F)C(F)(F)F. The van der Waals surface area contributed by atoms with Crippen LogP contribution >= 0.6 is 34.4 Å². The minimum absolute atomic E-state index is 0.452. The molecule has 0 saturated heterocycles. The zero-order valence-electron chi connectivity index (χ0n) is 11.3. The third-order valence-corrected chi connectivity index (χ3v) is 4.34. The van der Waals surface area contributed by atoms with Gasteiger partial charge in [0.15, 0.2) is 0 Å². The molecule has 144 valence electrons. The maximum atomic E-state index is 14.0. The predicted octanol–water partition coefficient (Wildman–Crippen LogP) is 6.44. The van der Waals surface area contributed by atoms with E-state index in [1.54, 1.807) is 0 Å². The van der Waals surface area contributed by atoms with E-state index < -0.39 is 55.7 Å². The monoisotopic (exact) mass is 519 g/mol. The van der Waals surface area contributed by atoms with E-state index in [0.29, 0.717) is 11.4 Å². The fourth-order valence-electron chi connectivity index (χ4n) is 1.51. The number of alkyl halides is 11. The van der Waals surface area contributed by atoms with E-state index in [2.05, 4.69) is 0 Å². The molecule has 1 aromatic rings. The number of rotatable bonds is 5. The largest absolute Gasteiger partial charge is 0.459 e. The Kier molecular flexibility index (Phi) is 6.40. The highest BCUT2D eigenvalue weighted by atomic mass is 127. The molecule has 1 rings (SSSR count). The molecule has 0 bridgehead atoms. The molecule has 25 heavy (non-hydrogen) atoms. The molecule has 1 unspecified atom stereocenters. The van der Waals surface area contributed by atoms with Gasteiger partial charge in [0.1, 0.15) is 0 Å². The van der Waals surface area contributed by atoms with E-state index in [1.165, 1.54) is 22.6 Å². The van der Waals surface area contributed by atoms with Gasteiger partial charge in [-0.25, -0.2) is 4.39 Å². The maximum Gasteiger partial charge on any atom is 0.459 e. The molecule has 0 radical (unpaired) electrons. The second kappa shape index (κ2) is 7.15. The molecule has 0 saturated carbocycles. The summed E-state index contributed by atoms with van der Waals surface area (Å²) in [4.78, 5) is -0.842. The molecular formula is C11H5F11INS. The highest BCUT2D eigenvalue weighted by molar-refractivity contribution is 14.1. The van der Waals surface area contributed by atoms with Gasteiger partial charge >= 0.3 is 24.1 Å². The van der Waals surface area contributed by atoms with E-state index in [-0.39, 0.29) is 0 Å². The van der Waals surface area contributed by atoms with Gasteiger partial charge in [0, 0.05) is 8.47 Å². The van der Waals surface area contributed by atoms with Crippen LogP contribution in [0.3, 0.4) is 0 Å². The van der Waals surface area contributed by atoms with E-state index in [0.717, 1.165) is 12.1 Å². The third-order valence-electron chi connectivity index (χ3n) is 2.67. The van der Waals surface area contributed by atoms with Crippen molar-refractivity contribution in [2.75, 3.05) is 5.32 Å². The van der Waals surface area contributed by atoms with Gasteiger partial charge in [0.05, 0.1) is 5.69 Å². The van der Waals surface area contributed by atoms with Crippen molar-refractivity contribution in [1.29, 1.82) is 0 Å². The first-order valence-corrected chi connectivity index (χ1v) is 7.72. The summed E-state index contributed by atoms with van der Waals surface area (Å²) >= 11 is 0.717. The third kappa shape index (κ3) is 4.36. The Morgan fingerprint density at radius 2 is 1.40 bits per heavy atom. The molecule has 1 aromatic carbocycles. The van der Waals surface area contributed by atoms with Crippen molar-refractivity contribution in [3.63, 3.8) is 0 Å². The number of hydrogen-bond acceptors (Lipinski definition) is 2. The van der Waals surface area contributed by atoms with Gasteiger partial charge in [0.2, 0.25) is 0 Å². The number of anilines is 1. The Balaban J connectivity index is 3.54. The molecular weight excluding hydrogens is 514 g/mol. The molecule has 0 aromatic heterocycles. The normalized spacial score (nSPS) is 16.0. The van der Waals surface area contributed by atoms with Crippen LogP contribution in [0.15, 0.2) is 23.1 Å². The number of halogens is 12. The van der Waals surface area contributed by atoms with Gasteiger partial charge in [-0.2, -0.15) is 43.9 Å². The van der Waals surface area contributed by atoms with Crippen LogP contribution in [-0.2, 0) is 0 Å². The van der Waals surface area contributed by atoms with Crippen LogP contribution in [0.4, 0.5) is 54.0 Å². The second-order valence-electron chi connectivity index (χ2n) is 4.34. The number of hydrogen-bond donors (Lipinski definition) is 1. The lowest BCUT2D eigenvalue weighted by Gasteiger charge is -2.37. The van der Waals surface area contributed by atoms with E-state index in [4.69, 9.17) is 0 Å². The first-order valence-electron chi connectivity index (χ1n) is 5.76. The average molecular weight is 519 g/mol. The van der Waals surface area contributed by atoms with Crippen LogP contribution in [0, 0.1) is 3.57 Å². The topological polar surface area (TPSA) is 12.0 Å². The lowest BCUT2D eigenvalue weighted by molar-refractivity contribution is -0.375. The molecule has 1 atom stereocenters. The fourth-order valence-corrected chi connectivity index (χ4v) is 2.96. The van der Waals surface area contributed by atoms with Gasteiger partial charge in [-0.3, -0.25) is 0 Å². The summed E-state index contributed by atoms with van der Waals surface area (Å²) in [7, 11) is 0. The number of para-hydroxylation sites is 1. The van der Waals surface area contributed by atoms with Crippen molar-refractivity contribution >= 4 is 40.0 Å².